The smallest absolute Gasteiger partial charge is 0.232 e. The zero-order valence-corrected chi connectivity index (χ0v) is 16.9. The van der Waals surface area contributed by atoms with Gasteiger partial charge in [-0.25, -0.2) is 0 Å². The molecule has 0 spiro atoms. The van der Waals surface area contributed by atoms with Gasteiger partial charge in [0, 0.05) is 12.0 Å². The zero-order valence-electron chi connectivity index (χ0n) is 16.1. The molecule has 2 heterocycles. The summed E-state index contributed by atoms with van der Waals surface area (Å²) in [6.45, 7) is 0. The average molecular weight is 411 g/mol. The maximum atomic E-state index is 5.92. The molecular weight excluding hydrogens is 388 g/mol. The van der Waals surface area contributed by atoms with E-state index in [1.54, 1.807) is 18.9 Å². The van der Waals surface area contributed by atoms with Crippen molar-refractivity contribution < 1.29 is 4.74 Å². The number of nitrogens with two attached hydrogens (primary N) is 1. The lowest BCUT2D eigenvalue weighted by Gasteiger charge is -2.11. The molecule has 0 amide bonds. The number of nitrogens with one attached hydrogen (secondary N) is 1. The summed E-state index contributed by atoms with van der Waals surface area (Å²) < 4.78 is 7.68. The molecule has 2 saturated carbocycles. The summed E-state index contributed by atoms with van der Waals surface area (Å²) in [5.74, 6) is 4.13. The first-order valence-corrected chi connectivity index (χ1v) is 10.7. The summed E-state index contributed by atoms with van der Waals surface area (Å²) >= 11 is 1.59. The SMILES string of the molecule is COc1ccccc1Nc1nc(N)nc(CSc2nnc(C3CC3)n2C2CC2)n1. The third-order valence-corrected chi connectivity index (χ3v) is 5.87. The molecule has 150 valence electrons. The summed E-state index contributed by atoms with van der Waals surface area (Å²) in [6, 6.07) is 8.12. The largest absolute Gasteiger partial charge is 0.495 e. The van der Waals surface area contributed by atoms with E-state index >= 15 is 0 Å². The van der Waals surface area contributed by atoms with Crippen molar-refractivity contribution in [3.05, 3.63) is 35.9 Å². The third kappa shape index (κ3) is 3.98. The molecule has 0 saturated heterocycles. The van der Waals surface area contributed by atoms with Crippen LogP contribution in [-0.4, -0.2) is 36.8 Å². The fourth-order valence-corrected chi connectivity index (χ4v) is 4.11. The minimum atomic E-state index is 0.176. The lowest BCUT2D eigenvalue weighted by Crippen LogP contribution is -2.07. The highest BCUT2D eigenvalue weighted by atomic mass is 32.2. The number of para-hydroxylation sites is 2. The number of hydrogen-bond donors (Lipinski definition) is 2. The van der Waals surface area contributed by atoms with E-state index in [2.05, 4.69) is 35.0 Å². The minimum Gasteiger partial charge on any atom is -0.495 e. The van der Waals surface area contributed by atoms with Gasteiger partial charge in [-0.1, -0.05) is 23.9 Å². The van der Waals surface area contributed by atoms with Crippen LogP contribution in [0.1, 0.15) is 49.3 Å². The van der Waals surface area contributed by atoms with Crippen molar-refractivity contribution in [3.8, 4) is 5.75 Å². The quantitative estimate of drug-likeness (QED) is 0.539. The predicted octanol–water partition coefficient (Wildman–Crippen LogP) is 3.30. The molecule has 3 N–H and O–H groups in total. The van der Waals surface area contributed by atoms with Crippen molar-refractivity contribution in [1.82, 2.24) is 29.7 Å². The Morgan fingerprint density at radius 3 is 2.72 bits per heavy atom. The molecular formula is C19H22N8OS. The van der Waals surface area contributed by atoms with Crippen molar-refractivity contribution in [3.63, 3.8) is 0 Å². The molecule has 5 rings (SSSR count). The van der Waals surface area contributed by atoms with Crippen LogP contribution in [0.2, 0.25) is 0 Å². The van der Waals surface area contributed by atoms with E-state index in [0.717, 1.165) is 16.7 Å². The van der Waals surface area contributed by atoms with Crippen molar-refractivity contribution in [2.45, 2.75) is 48.6 Å². The van der Waals surface area contributed by atoms with E-state index in [1.165, 1.54) is 25.7 Å². The molecule has 2 aliphatic rings. The molecule has 0 aliphatic heterocycles. The molecule has 0 bridgehead atoms. The number of anilines is 3. The van der Waals surface area contributed by atoms with Crippen LogP contribution in [0.3, 0.4) is 0 Å². The Morgan fingerprint density at radius 2 is 1.97 bits per heavy atom. The Hall–Kier alpha value is -2.88. The van der Waals surface area contributed by atoms with Crippen LogP contribution < -0.4 is 15.8 Å². The highest BCUT2D eigenvalue weighted by molar-refractivity contribution is 7.98. The summed E-state index contributed by atoms with van der Waals surface area (Å²) in [7, 11) is 1.62. The maximum Gasteiger partial charge on any atom is 0.232 e. The van der Waals surface area contributed by atoms with Gasteiger partial charge in [0.05, 0.1) is 18.6 Å². The van der Waals surface area contributed by atoms with E-state index in [1.807, 2.05) is 24.3 Å². The number of nitrogen functional groups attached to an aromatic ring is 1. The van der Waals surface area contributed by atoms with Gasteiger partial charge in [0.1, 0.15) is 17.4 Å². The summed E-state index contributed by atoms with van der Waals surface area (Å²) in [4.78, 5) is 13.0. The van der Waals surface area contributed by atoms with E-state index < -0.39 is 0 Å². The molecule has 0 radical (unpaired) electrons. The maximum absolute atomic E-state index is 5.92. The molecule has 2 fully saturated rings. The van der Waals surface area contributed by atoms with Gasteiger partial charge >= 0.3 is 0 Å². The Morgan fingerprint density at radius 1 is 1.14 bits per heavy atom. The summed E-state index contributed by atoms with van der Waals surface area (Å²) in [5.41, 5.74) is 6.68. The van der Waals surface area contributed by atoms with E-state index in [-0.39, 0.29) is 5.95 Å². The van der Waals surface area contributed by atoms with Crippen LogP contribution in [0.25, 0.3) is 0 Å². The predicted molar refractivity (Wildman–Crippen MR) is 110 cm³/mol. The van der Waals surface area contributed by atoms with E-state index in [9.17, 15) is 0 Å². The topological polar surface area (TPSA) is 117 Å². The third-order valence-electron chi connectivity index (χ3n) is 4.93. The second-order valence-electron chi connectivity index (χ2n) is 7.26. The molecule has 10 heteroatoms. The van der Waals surface area contributed by atoms with Gasteiger partial charge in [-0.15, -0.1) is 10.2 Å². The van der Waals surface area contributed by atoms with Crippen LogP contribution >= 0.6 is 11.8 Å². The molecule has 2 aromatic heterocycles. The van der Waals surface area contributed by atoms with Gasteiger partial charge in [-0.05, 0) is 37.8 Å². The minimum absolute atomic E-state index is 0.176. The van der Waals surface area contributed by atoms with Crippen LogP contribution in [-0.2, 0) is 5.75 Å². The number of aromatic nitrogens is 6. The van der Waals surface area contributed by atoms with Crippen molar-refractivity contribution in [1.29, 1.82) is 0 Å². The van der Waals surface area contributed by atoms with E-state index in [0.29, 0.717) is 35.2 Å². The monoisotopic (exact) mass is 410 g/mol. The number of thioether (sulfide) groups is 1. The first-order valence-electron chi connectivity index (χ1n) is 9.69. The number of methoxy groups -OCH3 is 1. The molecule has 2 aliphatic carbocycles. The average Bonchev–Trinajstić information content (AvgIpc) is 3.65. The lowest BCUT2D eigenvalue weighted by atomic mass is 10.3. The first-order chi connectivity index (χ1) is 14.2. The summed E-state index contributed by atoms with van der Waals surface area (Å²) in [6.07, 6.45) is 4.85. The lowest BCUT2D eigenvalue weighted by molar-refractivity contribution is 0.417. The standard InChI is InChI=1S/C19H22N8OS/c1-28-14-5-3-2-4-13(14)21-18-23-15(22-17(20)24-18)10-29-19-26-25-16(11-6-7-11)27(19)12-8-9-12/h2-5,11-12H,6-10H2,1H3,(H3,20,21,22,23,24). The number of hydrogen-bond acceptors (Lipinski definition) is 9. The van der Waals surface area contributed by atoms with Crippen molar-refractivity contribution in [2.75, 3.05) is 18.2 Å². The number of nitrogens with zero attached hydrogens (tertiary/aromatic N) is 6. The molecule has 3 aromatic rings. The number of benzene rings is 1. The van der Waals surface area contributed by atoms with Gasteiger partial charge in [-0.3, -0.25) is 0 Å². The number of ether oxygens (including phenoxy) is 1. The zero-order chi connectivity index (χ0) is 19.8. The Bertz CT molecular complexity index is 1030. The Balaban J connectivity index is 1.33. The van der Waals surface area contributed by atoms with Crippen LogP contribution in [0.15, 0.2) is 29.4 Å². The second kappa shape index (κ2) is 7.51. The molecule has 0 unspecified atom stereocenters. The van der Waals surface area contributed by atoms with Crippen LogP contribution in [0, 0.1) is 0 Å². The van der Waals surface area contributed by atoms with Gasteiger partial charge in [0.15, 0.2) is 5.16 Å². The summed E-state index contributed by atoms with van der Waals surface area (Å²) in [5, 5.41) is 13.0. The second-order valence-corrected chi connectivity index (χ2v) is 8.21. The Kier molecular flexibility index (Phi) is 4.70. The molecule has 0 atom stereocenters. The highest BCUT2D eigenvalue weighted by Gasteiger charge is 2.36. The number of rotatable bonds is 8. The first kappa shape index (κ1) is 18.2. The fourth-order valence-electron chi connectivity index (χ4n) is 3.24. The fraction of sp³-hybridized carbons (Fsp3) is 0.421. The van der Waals surface area contributed by atoms with Gasteiger partial charge < -0.3 is 20.4 Å². The van der Waals surface area contributed by atoms with Gasteiger partial charge in [-0.2, -0.15) is 15.0 Å². The molecule has 1 aromatic carbocycles. The molecule has 9 nitrogen and oxygen atoms in total. The van der Waals surface area contributed by atoms with Gasteiger partial charge in [0.25, 0.3) is 0 Å². The van der Waals surface area contributed by atoms with Crippen molar-refractivity contribution >= 4 is 29.3 Å². The van der Waals surface area contributed by atoms with Gasteiger partial charge in [0.2, 0.25) is 11.9 Å². The van der Waals surface area contributed by atoms with E-state index in [4.69, 9.17) is 10.5 Å². The molecule has 29 heavy (non-hydrogen) atoms. The highest BCUT2D eigenvalue weighted by Crippen LogP contribution is 2.46. The van der Waals surface area contributed by atoms with Crippen LogP contribution in [0.4, 0.5) is 17.6 Å². The van der Waals surface area contributed by atoms with Crippen molar-refractivity contribution in [2.24, 2.45) is 0 Å². The Labute approximate surface area is 172 Å². The normalized spacial score (nSPS) is 16.0. The van der Waals surface area contributed by atoms with Crippen LogP contribution in [0.5, 0.6) is 5.75 Å².